The first-order valence-corrected chi connectivity index (χ1v) is 15.4. The Morgan fingerprint density at radius 3 is 2.41 bits per heavy atom. The van der Waals surface area contributed by atoms with E-state index in [0.717, 1.165) is 34.0 Å². The van der Waals surface area contributed by atoms with Crippen LogP contribution in [0.1, 0.15) is 56.3 Å². The molecule has 9 heteroatoms. The van der Waals surface area contributed by atoms with E-state index in [4.69, 9.17) is 14.5 Å². The number of benzene rings is 2. The predicted molar refractivity (Wildman–Crippen MR) is 171 cm³/mol. The van der Waals surface area contributed by atoms with Gasteiger partial charge < -0.3 is 14.0 Å². The molecule has 7 nitrogen and oxygen atoms in total. The van der Waals surface area contributed by atoms with Gasteiger partial charge >= 0.3 is 5.97 Å². The molecule has 0 fully saturated rings. The third-order valence-electron chi connectivity index (χ3n) is 6.93. The maximum atomic E-state index is 14.1. The van der Waals surface area contributed by atoms with Crippen LogP contribution in [0.25, 0.3) is 11.8 Å². The van der Waals surface area contributed by atoms with Crippen molar-refractivity contribution >= 4 is 46.0 Å². The van der Waals surface area contributed by atoms with Crippen molar-refractivity contribution in [2.75, 3.05) is 6.61 Å². The molecule has 2 aromatic carbocycles. The van der Waals surface area contributed by atoms with E-state index < -0.39 is 12.0 Å². The average Bonchev–Trinajstić information content (AvgIpc) is 3.38. The number of carbonyl (C=O) groups is 1. The maximum Gasteiger partial charge on any atom is 0.338 e. The second-order valence-electron chi connectivity index (χ2n) is 10.2. The van der Waals surface area contributed by atoms with Crippen LogP contribution >= 0.6 is 33.9 Å². The smallest absolute Gasteiger partial charge is 0.338 e. The maximum absolute atomic E-state index is 14.1. The molecule has 212 valence electrons. The number of allylic oxidation sites excluding steroid dienone is 1. The van der Waals surface area contributed by atoms with Crippen LogP contribution in [-0.4, -0.2) is 27.8 Å². The number of halogens is 1. The van der Waals surface area contributed by atoms with Crippen molar-refractivity contribution in [1.82, 2.24) is 9.13 Å². The molecule has 0 saturated heterocycles. The highest BCUT2D eigenvalue weighted by Crippen LogP contribution is 2.32. The number of fused-ring (bicyclic) bond motifs is 1. The van der Waals surface area contributed by atoms with Crippen molar-refractivity contribution in [3.05, 3.63) is 112 Å². The molecule has 5 rings (SSSR count). The van der Waals surface area contributed by atoms with Crippen molar-refractivity contribution in [3.63, 3.8) is 0 Å². The quantitative estimate of drug-likeness (QED) is 0.188. The van der Waals surface area contributed by atoms with Crippen LogP contribution in [0.4, 0.5) is 0 Å². The molecule has 1 aliphatic rings. The number of thiazole rings is 1. The highest BCUT2D eigenvalue weighted by Gasteiger charge is 2.33. The van der Waals surface area contributed by atoms with Crippen LogP contribution in [0.2, 0.25) is 0 Å². The van der Waals surface area contributed by atoms with Gasteiger partial charge in [0, 0.05) is 20.6 Å². The monoisotopic (exact) mass is 681 g/mol. The van der Waals surface area contributed by atoms with E-state index in [0.29, 0.717) is 27.2 Å². The van der Waals surface area contributed by atoms with Gasteiger partial charge in [-0.15, -0.1) is 0 Å². The Labute approximate surface area is 256 Å². The Balaban J connectivity index is 1.66. The van der Waals surface area contributed by atoms with E-state index in [2.05, 4.69) is 71.3 Å². The molecule has 1 aliphatic heterocycles. The summed E-state index contributed by atoms with van der Waals surface area (Å²) < 4.78 is 16.8. The van der Waals surface area contributed by atoms with Gasteiger partial charge in [-0.2, -0.15) is 0 Å². The largest absolute Gasteiger partial charge is 0.494 e. The summed E-state index contributed by atoms with van der Waals surface area (Å²) in [5.41, 5.74) is 5.62. The number of aromatic nitrogens is 2. The highest BCUT2D eigenvalue weighted by atomic mass is 127. The Morgan fingerprint density at radius 2 is 1.78 bits per heavy atom. The van der Waals surface area contributed by atoms with Crippen molar-refractivity contribution in [3.8, 4) is 11.4 Å². The Hall–Kier alpha value is -3.44. The van der Waals surface area contributed by atoms with Crippen LogP contribution in [0.3, 0.4) is 0 Å². The Bertz CT molecular complexity index is 1830. The fourth-order valence-electron chi connectivity index (χ4n) is 5.15. The molecule has 0 saturated carbocycles. The Morgan fingerprint density at radius 1 is 1.10 bits per heavy atom. The van der Waals surface area contributed by atoms with E-state index >= 15 is 0 Å². The first-order chi connectivity index (χ1) is 19.6. The summed E-state index contributed by atoms with van der Waals surface area (Å²) >= 11 is 3.63. The summed E-state index contributed by atoms with van der Waals surface area (Å²) in [6, 6.07) is 17.3. The lowest BCUT2D eigenvalue weighted by Crippen LogP contribution is -2.40. The minimum Gasteiger partial charge on any atom is -0.494 e. The van der Waals surface area contributed by atoms with E-state index in [1.54, 1.807) is 11.5 Å². The number of rotatable bonds is 7. The lowest BCUT2D eigenvalue weighted by molar-refractivity contribution is -0.143. The number of aryl methyl sites for hydroxylation is 1. The second-order valence-corrected chi connectivity index (χ2v) is 12.4. The minimum atomic E-state index is -0.672. The zero-order valence-electron chi connectivity index (χ0n) is 23.9. The van der Waals surface area contributed by atoms with Gasteiger partial charge in [0.1, 0.15) is 5.75 Å². The zero-order chi connectivity index (χ0) is 29.4. The van der Waals surface area contributed by atoms with Crippen molar-refractivity contribution in [1.29, 1.82) is 0 Å². The minimum absolute atomic E-state index is 0.200. The molecule has 3 heterocycles. The molecule has 0 unspecified atom stereocenters. The van der Waals surface area contributed by atoms with Crippen LogP contribution < -0.4 is 19.6 Å². The highest BCUT2D eigenvalue weighted by molar-refractivity contribution is 14.1. The summed E-state index contributed by atoms with van der Waals surface area (Å²) in [4.78, 5) is 32.7. The van der Waals surface area contributed by atoms with Crippen LogP contribution in [0, 0.1) is 17.4 Å². The molecule has 1 atom stereocenters. The first kappa shape index (κ1) is 29.1. The number of nitrogens with zero attached hydrogens (tertiary/aromatic N) is 3. The SMILES string of the molecule is CCOc1ccc([C@H]2C(C(=O)OC(C)C)=C(C)N=c3s/c(=C/c4cc(C)n(-c5ccc(I)cc5)c4C)c(=O)n32)cc1. The van der Waals surface area contributed by atoms with Crippen LogP contribution in [0.5, 0.6) is 5.75 Å². The average molecular weight is 682 g/mol. The topological polar surface area (TPSA) is 74.8 Å². The predicted octanol–water partition coefficient (Wildman–Crippen LogP) is 5.60. The standard InChI is InChI=1S/C32H32IN3O4S/c1-7-39-26-14-8-22(9-15-26)29-28(31(38)40-18(2)3)20(5)34-32-36(29)30(37)27(41-32)17-23-16-19(4)35(21(23)6)25-12-10-24(33)11-13-25/h8-18,29H,7H2,1-6H3/b27-17+/t29-/m0/s1. The van der Waals surface area contributed by atoms with Crippen LogP contribution in [-0.2, 0) is 9.53 Å². The summed E-state index contributed by atoms with van der Waals surface area (Å²) in [5, 5.41) is 0. The third kappa shape index (κ3) is 5.70. The third-order valence-corrected chi connectivity index (χ3v) is 8.63. The van der Waals surface area contributed by atoms with Gasteiger partial charge in [0.15, 0.2) is 4.80 Å². The Kier molecular flexibility index (Phi) is 8.37. The van der Waals surface area contributed by atoms with Gasteiger partial charge in [-0.1, -0.05) is 23.5 Å². The summed E-state index contributed by atoms with van der Waals surface area (Å²) in [7, 11) is 0. The zero-order valence-corrected chi connectivity index (χ0v) is 26.9. The number of carbonyl (C=O) groups excluding carboxylic acids is 1. The van der Waals surface area contributed by atoms with Gasteiger partial charge in [-0.05, 0) is 124 Å². The van der Waals surface area contributed by atoms with Gasteiger partial charge in [0.05, 0.1) is 34.6 Å². The summed E-state index contributed by atoms with van der Waals surface area (Å²) in [6.45, 7) is 12.0. The number of hydrogen-bond donors (Lipinski definition) is 0. The van der Waals surface area contributed by atoms with E-state index in [1.165, 1.54) is 14.9 Å². The van der Waals surface area contributed by atoms with Gasteiger partial charge in [0.2, 0.25) is 0 Å². The van der Waals surface area contributed by atoms with Gasteiger partial charge in [-0.25, -0.2) is 9.79 Å². The summed E-state index contributed by atoms with van der Waals surface area (Å²) in [6.07, 6.45) is 1.62. The van der Waals surface area contributed by atoms with E-state index in [-0.39, 0.29) is 11.7 Å². The molecule has 41 heavy (non-hydrogen) atoms. The number of ether oxygens (including phenoxy) is 2. The molecule has 0 radical (unpaired) electrons. The normalized spacial score (nSPS) is 15.2. The molecule has 0 amide bonds. The second kappa shape index (κ2) is 11.8. The molecule has 2 aromatic heterocycles. The fraction of sp³-hybridized carbons (Fsp3) is 0.281. The van der Waals surface area contributed by atoms with Gasteiger partial charge in [0.25, 0.3) is 5.56 Å². The lowest BCUT2D eigenvalue weighted by Gasteiger charge is -2.25. The van der Waals surface area contributed by atoms with Crippen molar-refractivity contribution in [2.24, 2.45) is 4.99 Å². The molecule has 0 aliphatic carbocycles. The van der Waals surface area contributed by atoms with Crippen molar-refractivity contribution in [2.45, 2.75) is 53.7 Å². The molecular weight excluding hydrogens is 649 g/mol. The van der Waals surface area contributed by atoms with Crippen LogP contribution in [0.15, 0.2) is 75.7 Å². The fourth-order valence-corrected chi connectivity index (χ4v) is 6.55. The van der Waals surface area contributed by atoms with E-state index in [1.807, 2.05) is 51.1 Å². The van der Waals surface area contributed by atoms with Crippen molar-refractivity contribution < 1.29 is 14.3 Å². The summed E-state index contributed by atoms with van der Waals surface area (Å²) in [5.74, 6) is 0.245. The van der Waals surface area contributed by atoms with Gasteiger partial charge in [-0.3, -0.25) is 9.36 Å². The molecule has 4 aromatic rings. The number of esters is 1. The number of hydrogen-bond acceptors (Lipinski definition) is 6. The molecular formula is C32H32IN3O4S. The molecule has 0 bridgehead atoms. The van der Waals surface area contributed by atoms with E-state index in [9.17, 15) is 9.59 Å². The first-order valence-electron chi connectivity index (χ1n) is 13.5. The molecule has 0 spiro atoms. The molecule has 0 N–H and O–H groups in total. The lowest BCUT2D eigenvalue weighted by atomic mass is 9.96.